The van der Waals surface area contributed by atoms with Crippen molar-refractivity contribution in [3.8, 4) is 11.3 Å². The smallest absolute Gasteiger partial charge is 0.335 e. The fourth-order valence-corrected chi connectivity index (χ4v) is 4.49. The van der Waals surface area contributed by atoms with E-state index in [0.717, 1.165) is 16.6 Å². The van der Waals surface area contributed by atoms with Crippen LogP contribution in [0, 0.1) is 0 Å². The summed E-state index contributed by atoms with van der Waals surface area (Å²) in [6.45, 7) is 9.35. The summed E-state index contributed by atoms with van der Waals surface area (Å²) >= 11 is 0. The summed E-state index contributed by atoms with van der Waals surface area (Å²) in [5.74, 6) is -0.891. The van der Waals surface area contributed by atoms with Crippen molar-refractivity contribution < 1.29 is 9.90 Å². The van der Waals surface area contributed by atoms with Crippen molar-refractivity contribution >= 4 is 16.9 Å². The molecule has 0 bridgehead atoms. The number of carbonyl (C=O) groups is 1. The molecule has 3 aromatic rings. The van der Waals surface area contributed by atoms with Crippen molar-refractivity contribution in [2.24, 2.45) is 7.05 Å². The number of aryl methyl sites for hydroxylation is 1. The Morgan fingerprint density at radius 3 is 2.26 bits per heavy atom. The highest BCUT2D eigenvalue weighted by Gasteiger charge is 2.37. The molecule has 0 amide bonds. The number of fused-ring (bicyclic) bond motifs is 2. The van der Waals surface area contributed by atoms with Gasteiger partial charge in [0.15, 0.2) is 0 Å². The summed E-state index contributed by atoms with van der Waals surface area (Å²) in [7, 11) is 2.01. The van der Waals surface area contributed by atoms with E-state index in [1.54, 1.807) is 12.1 Å². The molecule has 3 nitrogen and oxygen atoms in total. The Morgan fingerprint density at radius 2 is 1.59 bits per heavy atom. The molecular weight excluding hydrogens is 334 g/mol. The molecule has 0 spiro atoms. The number of aromatic carboxylic acids is 1. The lowest BCUT2D eigenvalue weighted by Crippen LogP contribution is -2.33. The second-order valence-corrected chi connectivity index (χ2v) is 9.20. The Morgan fingerprint density at radius 1 is 0.926 bits per heavy atom. The molecule has 0 unspecified atom stereocenters. The molecule has 0 saturated carbocycles. The molecule has 0 radical (unpaired) electrons. The molecule has 0 atom stereocenters. The van der Waals surface area contributed by atoms with Crippen molar-refractivity contribution in [1.29, 1.82) is 0 Å². The van der Waals surface area contributed by atoms with E-state index in [9.17, 15) is 9.90 Å². The standard InChI is InChI=1S/C24H27NO2/c1-23(2)10-11-24(3,4)19-12-15(8-9-18(19)23)20-13-16-6-7-17(22(26)27)14-21(16)25(20)5/h6-9,12-14H,10-11H2,1-5H3,(H,26,27). The van der Waals surface area contributed by atoms with Crippen LogP contribution in [0.1, 0.15) is 62.0 Å². The third-order valence-corrected chi connectivity index (χ3v) is 6.44. The second kappa shape index (κ2) is 5.72. The van der Waals surface area contributed by atoms with Crippen molar-refractivity contribution in [3.05, 3.63) is 59.2 Å². The van der Waals surface area contributed by atoms with E-state index < -0.39 is 5.97 Å². The maximum atomic E-state index is 11.3. The number of nitrogens with zero attached hydrogens (tertiary/aromatic N) is 1. The van der Waals surface area contributed by atoms with Gasteiger partial charge in [0.05, 0.1) is 5.56 Å². The topological polar surface area (TPSA) is 42.2 Å². The maximum absolute atomic E-state index is 11.3. The Labute approximate surface area is 160 Å². The first-order valence-electron chi connectivity index (χ1n) is 9.58. The first-order chi connectivity index (χ1) is 12.6. The lowest BCUT2D eigenvalue weighted by molar-refractivity contribution is 0.0697. The van der Waals surface area contributed by atoms with Crippen LogP contribution in [0.3, 0.4) is 0 Å². The average Bonchev–Trinajstić information content (AvgIpc) is 2.95. The number of carboxylic acids is 1. The normalized spacial score (nSPS) is 17.7. The summed E-state index contributed by atoms with van der Waals surface area (Å²) in [4.78, 5) is 11.3. The van der Waals surface area contributed by atoms with Crippen LogP contribution >= 0.6 is 0 Å². The van der Waals surface area contributed by atoms with E-state index in [2.05, 4.69) is 56.5 Å². The minimum atomic E-state index is -0.891. The van der Waals surface area contributed by atoms with Crippen molar-refractivity contribution in [2.75, 3.05) is 0 Å². The molecule has 1 aromatic heterocycles. The first kappa shape index (κ1) is 17.8. The van der Waals surface area contributed by atoms with Crippen LogP contribution < -0.4 is 0 Å². The largest absolute Gasteiger partial charge is 0.478 e. The number of rotatable bonds is 2. The van der Waals surface area contributed by atoms with Gasteiger partial charge in [0.25, 0.3) is 0 Å². The van der Waals surface area contributed by atoms with E-state index in [0.29, 0.717) is 5.56 Å². The lowest BCUT2D eigenvalue weighted by Gasteiger charge is -2.42. The van der Waals surface area contributed by atoms with Gasteiger partial charge in [0.1, 0.15) is 0 Å². The molecule has 1 heterocycles. The minimum absolute atomic E-state index is 0.169. The van der Waals surface area contributed by atoms with Gasteiger partial charge in [-0.05, 0) is 64.6 Å². The van der Waals surface area contributed by atoms with Crippen LogP contribution in [0.4, 0.5) is 0 Å². The highest BCUT2D eigenvalue weighted by Crippen LogP contribution is 2.47. The van der Waals surface area contributed by atoms with Gasteiger partial charge in [-0.1, -0.05) is 45.9 Å². The van der Waals surface area contributed by atoms with Gasteiger partial charge >= 0.3 is 5.97 Å². The zero-order valence-electron chi connectivity index (χ0n) is 16.8. The van der Waals surface area contributed by atoms with Crippen LogP contribution in [0.25, 0.3) is 22.2 Å². The fourth-order valence-electron chi connectivity index (χ4n) is 4.49. The Balaban J connectivity index is 1.90. The van der Waals surface area contributed by atoms with Crippen molar-refractivity contribution in [3.63, 3.8) is 0 Å². The SMILES string of the molecule is Cn1c(-c2ccc3c(c2)C(C)(C)CCC3(C)C)cc2ccc(C(=O)O)cc21. The number of aromatic nitrogens is 1. The molecule has 140 valence electrons. The van der Waals surface area contributed by atoms with Gasteiger partial charge in [0.2, 0.25) is 0 Å². The van der Waals surface area contributed by atoms with Crippen LogP contribution in [-0.4, -0.2) is 15.6 Å². The Kier molecular flexibility index (Phi) is 3.78. The van der Waals surface area contributed by atoms with Gasteiger partial charge < -0.3 is 9.67 Å². The van der Waals surface area contributed by atoms with E-state index in [-0.39, 0.29) is 10.8 Å². The van der Waals surface area contributed by atoms with E-state index in [1.807, 2.05) is 13.1 Å². The summed E-state index contributed by atoms with van der Waals surface area (Å²) in [6.07, 6.45) is 2.39. The van der Waals surface area contributed by atoms with Gasteiger partial charge in [-0.3, -0.25) is 0 Å². The van der Waals surface area contributed by atoms with Crippen molar-refractivity contribution in [2.45, 2.75) is 51.4 Å². The number of benzene rings is 2. The van der Waals surface area contributed by atoms with Gasteiger partial charge in [0, 0.05) is 23.6 Å². The van der Waals surface area contributed by atoms with Gasteiger partial charge in [-0.15, -0.1) is 0 Å². The van der Waals surface area contributed by atoms with Crippen molar-refractivity contribution in [1.82, 2.24) is 4.57 Å². The molecule has 1 aliphatic carbocycles. The molecule has 0 fully saturated rings. The lowest BCUT2D eigenvalue weighted by atomic mass is 9.63. The summed E-state index contributed by atoms with van der Waals surface area (Å²) in [5, 5.41) is 10.4. The summed E-state index contributed by atoms with van der Waals surface area (Å²) in [6, 6.07) is 14.3. The molecule has 2 aromatic carbocycles. The number of carboxylic acid groups (broad SMARTS) is 1. The van der Waals surface area contributed by atoms with Crippen LogP contribution in [0.5, 0.6) is 0 Å². The fraction of sp³-hybridized carbons (Fsp3) is 0.375. The van der Waals surface area contributed by atoms with Gasteiger partial charge in [-0.25, -0.2) is 4.79 Å². The Hall–Kier alpha value is -2.55. The summed E-state index contributed by atoms with van der Waals surface area (Å²) < 4.78 is 2.10. The van der Waals surface area contributed by atoms with Crippen LogP contribution in [-0.2, 0) is 17.9 Å². The molecule has 4 rings (SSSR count). The molecule has 1 N–H and O–H groups in total. The highest BCUT2D eigenvalue weighted by molar-refractivity contribution is 5.95. The zero-order valence-corrected chi connectivity index (χ0v) is 16.8. The minimum Gasteiger partial charge on any atom is -0.478 e. The monoisotopic (exact) mass is 361 g/mol. The molecule has 27 heavy (non-hydrogen) atoms. The molecular formula is C24H27NO2. The number of hydrogen-bond donors (Lipinski definition) is 1. The Bertz CT molecular complexity index is 1070. The molecule has 1 aliphatic rings. The second-order valence-electron chi connectivity index (χ2n) is 9.20. The molecule has 0 aliphatic heterocycles. The molecule has 0 saturated heterocycles. The maximum Gasteiger partial charge on any atom is 0.335 e. The van der Waals surface area contributed by atoms with E-state index in [1.165, 1.54) is 29.5 Å². The third kappa shape index (κ3) is 2.77. The van der Waals surface area contributed by atoms with E-state index in [4.69, 9.17) is 0 Å². The number of hydrogen-bond acceptors (Lipinski definition) is 1. The van der Waals surface area contributed by atoms with Crippen LogP contribution in [0.15, 0.2) is 42.5 Å². The third-order valence-electron chi connectivity index (χ3n) is 6.44. The first-order valence-corrected chi connectivity index (χ1v) is 9.58. The zero-order chi connectivity index (χ0) is 19.6. The predicted octanol–water partition coefficient (Wildman–Crippen LogP) is 5.89. The van der Waals surface area contributed by atoms with E-state index >= 15 is 0 Å². The summed E-state index contributed by atoms with van der Waals surface area (Å²) in [5.41, 5.74) is 6.85. The highest BCUT2D eigenvalue weighted by atomic mass is 16.4. The van der Waals surface area contributed by atoms with Crippen LogP contribution in [0.2, 0.25) is 0 Å². The van der Waals surface area contributed by atoms with Gasteiger partial charge in [-0.2, -0.15) is 0 Å². The average molecular weight is 361 g/mol. The predicted molar refractivity (Wildman–Crippen MR) is 111 cm³/mol. The molecule has 3 heteroatoms. The quantitative estimate of drug-likeness (QED) is 0.618.